The van der Waals surface area contributed by atoms with E-state index in [-0.39, 0.29) is 0 Å². The normalized spacial score (nSPS) is 9.74. The third kappa shape index (κ3) is 3.16. The fourth-order valence-corrected chi connectivity index (χ4v) is 1.48. The maximum atomic E-state index is 11.8. The van der Waals surface area contributed by atoms with Gasteiger partial charge in [-0.1, -0.05) is 12.1 Å². The number of carbonyl (C=O) groups is 1. The Morgan fingerprint density at radius 1 is 1.11 bits per heavy atom. The highest BCUT2D eigenvalue weighted by molar-refractivity contribution is 5.90. The predicted octanol–water partition coefficient (Wildman–Crippen LogP) is 2.46. The summed E-state index contributed by atoms with van der Waals surface area (Å²) >= 11 is 0. The number of methoxy groups -OCH3 is 1. The van der Waals surface area contributed by atoms with Crippen LogP contribution in [0.15, 0.2) is 48.5 Å². The Morgan fingerprint density at radius 2 is 1.79 bits per heavy atom. The van der Waals surface area contributed by atoms with Gasteiger partial charge in [-0.2, -0.15) is 0 Å². The summed E-state index contributed by atoms with van der Waals surface area (Å²) in [4.78, 5) is 16.7. The van der Waals surface area contributed by atoms with Crippen molar-refractivity contribution in [2.24, 2.45) is 0 Å². The van der Waals surface area contributed by atoms with Crippen molar-refractivity contribution in [1.29, 1.82) is 0 Å². The fourth-order valence-electron chi connectivity index (χ4n) is 1.48. The molecule has 0 aromatic heterocycles. The minimum absolute atomic E-state index is 0.419. The second-order valence-corrected chi connectivity index (χ2v) is 3.81. The Balaban J connectivity index is 1.99. The topological polar surface area (TPSA) is 73.6 Å². The highest BCUT2D eigenvalue weighted by Gasteiger charge is 2.08. The van der Waals surface area contributed by atoms with E-state index >= 15 is 0 Å². The van der Waals surface area contributed by atoms with E-state index in [0.717, 1.165) is 0 Å². The molecular weight excluding hydrogens is 244 g/mol. The molecule has 19 heavy (non-hydrogen) atoms. The highest BCUT2D eigenvalue weighted by Crippen LogP contribution is 2.17. The van der Waals surface area contributed by atoms with E-state index in [4.69, 9.17) is 15.3 Å². The molecule has 0 bridgehead atoms. The number of rotatable bonds is 4. The lowest BCUT2D eigenvalue weighted by atomic mass is 10.2. The summed E-state index contributed by atoms with van der Waals surface area (Å²) < 4.78 is 5.01. The van der Waals surface area contributed by atoms with E-state index < -0.39 is 5.97 Å². The SMILES string of the molecule is COc1ccc(C(=O)ONc2ccccc2N)cc1. The van der Waals surface area contributed by atoms with Gasteiger partial charge in [0, 0.05) is 0 Å². The van der Waals surface area contributed by atoms with Gasteiger partial charge in [-0.15, -0.1) is 0 Å². The second-order valence-electron chi connectivity index (χ2n) is 3.81. The average Bonchev–Trinajstić information content (AvgIpc) is 2.46. The van der Waals surface area contributed by atoms with E-state index in [1.54, 1.807) is 55.6 Å². The number of benzene rings is 2. The van der Waals surface area contributed by atoms with Gasteiger partial charge in [0.2, 0.25) is 0 Å². The van der Waals surface area contributed by atoms with Gasteiger partial charge in [-0.05, 0) is 36.4 Å². The third-order valence-corrected chi connectivity index (χ3v) is 2.54. The van der Waals surface area contributed by atoms with Crippen LogP contribution in [0.5, 0.6) is 5.75 Å². The Morgan fingerprint density at radius 3 is 2.42 bits per heavy atom. The number of ether oxygens (including phenoxy) is 1. The van der Waals surface area contributed by atoms with Crippen molar-refractivity contribution < 1.29 is 14.4 Å². The maximum absolute atomic E-state index is 11.8. The summed E-state index contributed by atoms with van der Waals surface area (Å²) in [7, 11) is 1.56. The lowest BCUT2D eigenvalue weighted by Crippen LogP contribution is -2.11. The molecule has 5 nitrogen and oxygen atoms in total. The Bertz CT molecular complexity index is 567. The molecule has 2 aromatic rings. The number of nitrogens with two attached hydrogens (primary N) is 1. The van der Waals surface area contributed by atoms with Crippen molar-refractivity contribution in [3.05, 3.63) is 54.1 Å². The number of hydrogen-bond acceptors (Lipinski definition) is 5. The van der Waals surface area contributed by atoms with Gasteiger partial charge < -0.3 is 15.3 Å². The van der Waals surface area contributed by atoms with E-state index in [2.05, 4.69) is 5.48 Å². The van der Waals surface area contributed by atoms with Crippen molar-refractivity contribution in [2.75, 3.05) is 18.3 Å². The summed E-state index contributed by atoms with van der Waals surface area (Å²) in [5, 5.41) is 0. The predicted molar refractivity (Wildman–Crippen MR) is 72.9 cm³/mol. The Labute approximate surface area is 110 Å². The van der Waals surface area contributed by atoms with Crippen LogP contribution >= 0.6 is 0 Å². The number of carbonyl (C=O) groups excluding carboxylic acids is 1. The van der Waals surface area contributed by atoms with Gasteiger partial charge in [-0.25, -0.2) is 10.3 Å². The first kappa shape index (κ1) is 12.8. The summed E-state index contributed by atoms with van der Waals surface area (Å²) in [6.45, 7) is 0. The zero-order chi connectivity index (χ0) is 13.7. The van der Waals surface area contributed by atoms with Crippen LogP contribution in [0, 0.1) is 0 Å². The first-order valence-corrected chi connectivity index (χ1v) is 5.66. The maximum Gasteiger partial charge on any atom is 0.362 e. The molecule has 0 heterocycles. The lowest BCUT2D eigenvalue weighted by Gasteiger charge is -2.09. The summed E-state index contributed by atoms with van der Waals surface area (Å²) in [5.74, 6) is 0.183. The van der Waals surface area contributed by atoms with Gasteiger partial charge in [0.15, 0.2) is 0 Å². The molecule has 0 aliphatic rings. The smallest absolute Gasteiger partial charge is 0.362 e. The number of para-hydroxylation sites is 2. The molecule has 0 fully saturated rings. The quantitative estimate of drug-likeness (QED) is 0.651. The Hall–Kier alpha value is -2.69. The minimum Gasteiger partial charge on any atom is -0.497 e. The minimum atomic E-state index is -0.495. The van der Waals surface area contributed by atoms with E-state index in [1.165, 1.54) is 0 Å². The molecule has 0 radical (unpaired) electrons. The summed E-state index contributed by atoms with van der Waals surface area (Å²) in [6, 6.07) is 13.6. The molecule has 0 unspecified atom stereocenters. The van der Waals surface area contributed by atoms with Crippen LogP contribution in [0.25, 0.3) is 0 Å². The molecule has 2 aromatic carbocycles. The third-order valence-electron chi connectivity index (χ3n) is 2.54. The first-order chi connectivity index (χ1) is 9.20. The monoisotopic (exact) mass is 258 g/mol. The molecule has 5 heteroatoms. The molecule has 0 aliphatic carbocycles. The van der Waals surface area contributed by atoms with E-state index in [0.29, 0.717) is 22.7 Å². The van der Waals surface area contributed by atoms with Crippen LogP contribution in [0.3, 0.4) is 0 Å². The summed E-state index contributed by atoms with van der Waals surface area (Å²) in [5.41, 5.74) is 9.72. The molecule has 0 amide bonds. The highest BCUT2D eigenvalue weighted by atomic mass is 16.7. The van der Waals surface area contributed by atoms with Crippen LogP contribution in [-0.2, 0) is 4.84 Å². The van der Waals surface area contributed by atoms with Crippen LogP contribution in [0.2, 0.25) is 0 Å². The molecule has 0 saturated heterocycles. The van der Waals surface area contributed by atoms with Crippen molar-refractivity contribution in [2.45, 2.75) is 0 Å². The van der Waals surface area contributed by atoms with Crippen molar-refractivity contribution >= 4 is 17.3 Å². The van der Waals surface area contributed by atoms with Crippen LogP contribution < -0.4 is 16.0 Å². The van der Waals surface area contributed by atoms with Crippen molar-refractivity contribution in [3.63, 3.8) is 0 Å². The van der Waals surface area contributed by atoms with Crippen molar-refractivity contribution in [3.8, 4) is 5.75 Å². The molecular formula is C14H14N2O3. The number of nitrogen functional groups attached to an aromatic ring is 1. The summed E-state index contributed by atoms with van der Waals surface area (Å²) in [6.07, 6.45) is 0. The Kier molecular flexibility index (Phi) is 3.87. The number of anilines is 2. The van der Waals surface area contributed by atoms with Crippen molar-refractivity contribution in [1.82, 2.24) is 0 Å². The van der Waals surface area contributed by atoms with Gasteiger partial charge in [0.05, 0.1) is 24.0 Å². The number of hydrogen-bond donors (Lipinski definition) is 2. The van der Waals surface area contributed by atoms with E-state index in [1.807, 2.05) is 0 Å². The fraction of sp³-hybridized carbons (Fsp3) is 0.0714. The first-order valence-electron chi connectivity index (χ1n) is 5.66. The lowest BCUT2D eigenvalue weighted by molar-refractivity contribution is 0.0597. The molecule has 2 rings (SSSR count). The van der Waals surface area contributed by atoms with Crippen LogP contribution in [0.4, 0.5) is 11.4 Å². The van der Waals surface area contributed by atoms with Gasteiger partial charge in [-0.3, -0.25) is 0 Å². The molecule has 0 saturated carbocycles. The van der Waals surface area contributed by atoms with Gasteiger partial charge in [0.25, 0.3) is 0 Å². The zero-order valence-corrected chi connectivity index (χ0v) is 10.4. The molecule has 0 atom stereocenters. The van der Waals surface area contributed by atoms with Crippen LogP contribution in [-0.4, -0.2) is 13.1 Å². The molecule has 0 spiro atoms. The number of nitrogens with one attached hydrogen (secondary N) is 1. The standard InChI is InChI=1S/C14H14N2O3/c1-18-11-8-6-10(7-9-11)14(17)19-16-13-5-3-2-4-12(13)15/h2-9,16H,15H2,1H3. The van der Waals surface area contributed by atoms with Gasteiger partial charge in [0.1, 0.15) is 5.75 Å². The van der Waals surface area contributed by atoms with E-state index in [9.17, 15) is 4.79 Å². The van der Waals surface area contributed by atoms with Gasteiger partial charge >= 0.3 is 5.97 Å². The largest absolute Gasteiger partial charge is 0.497 e. The molecule has 0 aliphatic heterocycles. The second kappa shape index (κ2) is 5.77. The molecule has 3 N–H and O–H groups in total. The molecule has 98 valence electrons. The zero-order valence-electron chi connectivity index (χ0n) is 10.4. The average molecular weight is 258 g/mol. The van der Waals surface area contributed by atoms with Crippen LogP contribution in [0.1, 0.15) is 10.4 Å².